The molecule has 0 saturated carbocycles. The maximum Gasteiger partial charge on any atom is 0.240 e. The van der Waals surface area contributed by atoms with E-state index in [2.05, 4.69) is 10.5 Å². The minimum Gasteiger partial charge on any atom is -0.497 e. The second-order valence-corrected chi connectivity index (χ2v) is 7.43. The van der Waals surface area contributed by atoms with Gasteiger partial charge in [-0.3, -0.25) is 4.79 Å². The highest BCUT2D eigenvalue weighted by atomic mass is 19.1. The molecule has 5 nitrogen and oxygen atoms in total. The molecule has 3 aromatic carbocycles. The summed E-state index contributed by atoms with van der Waals surface area (Å²) in [5, 5.41) is 4.02. The normalized spacial score (nSPS) is 10.8. The number of carbonyl (C=O) groups is 1. The van der Waals surface area contributed by atoms with E-state index in [-0.39, 0.29) is 18.3 Å². The molecule has 3 aromatic rings. The first-order valence-electron chi connectivity index (χ1n) is 10.5. The van der Waals surface area contributed by atoms with Gasteiger partial charge >= 0.3 is 0 Å². The van der Waals surface area contributed by atoms with Crippen molar-refractivity contribution in [2.45, 2.75) is 32.8 Å². The molecule has 3 rings (SSSR count). The zero-order valence-electron chi connectivity index (χ0n) is 18.3. The van der Waals surface area contributed by atoms with Gasteiger partial charge in [0.2, 0.25) is 5.91 Å². The molecule has 1 amide bonds. The van der Waals surface area contributed by atoms with E-state index < -0.39 is 0 Å². The quantitative estimate of drug-likeness (QED) is 0.353. The summed E-state index contributed by atoms with van der Waals surface area (Å²) in [6.07, 6.45) is 3.55. The van der Waals surface area contributed by atoms with Gasteiger partial charge in [0.15, 0.2) is 0 Å². The van der Waals surface area contributed by atoms with Crippen LogP contribution in [0.5, 0.6) is 11.5 Å². The Morgan fingerprint density at radius 1 is 1.06 bits per heavy atom. The van der Waals surface area contributed by atoms with Gasteiger partial charge in [-0.1, -0.05) is 18.2 Å². The first kappa shape index (κ1) is 23.0. The molecule has 166 valence electrons. The van der Waals surface area contributed by atoms with Crippen LogP contribution < -0.4 is 14.9 Å². The maximum absolute atomic E-state index is 13.2. The van der Waals surface area contributed by atoms with Crippen LogP contribution in [-0.4, -0.2) is 19.2 Å². The van der Waals surface area contributed by atoms with Crippen LogP contribution in [0.1, 0.15) is 35.1 Å². The van der Waals surface area contributed by atoms with Gasteiger partial charge in [0, 0.05) is 6.42 Å². The van der Waals surface area contributed by atoms with Crippen molar-refractivity contribution in [1.82, 2.24) is 5.43 Å². The highest BCUT2D eigenvalue weighted by molar-refractivity contribution is 5.82. The summed E-state index contributed by atoms with van der Waals surface area (Å²) in [7, 11) is 1.65. The van der Waals surface area contributed by atoms with Gasteiger partial charge in [-0.05, 0) is 90.6 Å². The van der Waals surface area contributed by atoms with Crippen LogP contribution >= 0.6 is 0 Å². The second kappa shape index (κ2) is 11.6. The van der Waals surface area contributed by atoms with Crippen molar-refractivity contribution in [1.29, 1.82) is 0 Å². The molecule has 0 aromatic heterocycles. The number of nitrogens with zero attached hydrogens (tertiary/aromatic N) is 1. The van der Waals surface area contributed by atoms with Crippen molar-refractivity contribution in [3.05, 3.63) is 94.8 Å². The van der Waals surface area contributed by atoms with E-state index >= 15 is 0 Å². The smallest absolute Gasteiger partial charge is 0.240 e. The number of aryl methyl sites for hydroxylation is 2. The number of amides is 1. The maximum atomic E-state index is 13.2. The third-order valence-corrected chi connectivity index (χ3v) is 4.98. The van der Waals surface area contributed by atoms with Gasteiger partial charge in [0.25, 0.3) is 0 Å². The van der Waals surface area contributed by atoms with Crippen molar-refractivity contribution in [2.24, 2.45) is 5.10 Å². The van der Waals surface area contributed by atoms with Gasteiger partial charge in [-0.2, -0.15) is 5.10 Å². The highest BCUT2D eigenvalue weighted by Crippen LogP contribution is 2.18. The zero-order valence-corrected chi connectivity index (χ0v) is 18.3. The molecule has 6 heteroatoms. The summed E-state index contributed by atoms with van der Waals surface area (Å²) in [4.78, 5) is 12.0. The van der Waals surface area contributed by atoms with Crippen LogP contribution in [0.4, 0.5) is 4.39 Å². The predicted molar refractivity (Wildman–Crippen MR) is 124 cm³/mol. The molecule has 0 bridgehead atoms. The van der Waals surface area contributed by atoms with E-state index in [1.54, 1.807) is 31.5 Å². The van der Waals surface area contributed by atoms with E-state index in [1.165, 1.54) is 17.7 Å². The lowest BCUT2D eigenvalue weighted by atomic mass is 10.0. The van der Waals surface area contributed by atoms with Crippen molar-refractivity contribution in [3.63, 3.8) is 0 Å². The number of hydrazone groups is 1. The number of hydrogen-bond donors (Lipinski definition) is 1. The molecular weight excluding hydrogens is 407 g/mol. The number of nitrogens with one attached hydrogen (secondary N) is 1. The van der Waals surface area contributed by atoms with Crippen LogP contribution in [-0.2, 0) is 17.8 Å². The van der Waals surface area contributed by atoms with Crippen molar-refractivity contribution < 1.29 is 18.7 Å². The summed E-state index contributed by atoms with van der Waals surface area (Å²) in [5.41, 5.74) is 6.52. The minimum atomic E-state index is -0.282. The number of rotatable bonds is 10. The molecule has 0 aliphatic carbocycles. The number of hydrogen-bond acceptors (Lipinski definition) is 4. The summed E-state index contributed by atoms with van der Waals surface area (Å²) in [5.74, 6) is 1.10. The first-order valence-corrected chi connectivity index (χ1v) is 10.5. The van der Waals surface area contributed by atoms with Crippen LogP contribution in [0.2, 0.25) is 0 Å². The Morgan fingerprint density at radius 3 is 2.56 bits per heavy atom. The molecule has 0 fully saturated rings. The molecular formula is C26H27FN2O3. The van der Waals surface area contributed by atoms with E-state index in [4.69, 9.17) is 9.47 Å². The third-order valence-electron chi connectivity index (χ3n) is 4.98. The van der Waals surface area contributed by atoms with Crippen LogP contribution in [0.25, 0.3) is 0 Å². The number of halogens is 1. The molecule has 0 aliphatic heterocycles. The Morgan fingerprint density at radius 2 is 1.84 bits per heavy atom. The van der Waals surface area contributed by atoms with Crippen molar-refractivity contribution >= 4 is 12.1 Å². The van der Waals surface area contributed by atoms with Crippen LogP contribution in [0.3, 0.4) is 0 Å². The Bertz CT molecular complexity index is 1060. The summed E-state index contributed by atoms with van der Waals surface area (Å²) in [6, 6.07) is 19.6. The molecule has 0 atom stereocenters. The van der Waals surface area contributed by atoms with Gasteiger partial charge < -0.3 is 9.47 Å². The fourth-order valence-corrected chi connectivity index (χ4v) is 3.19. The van der Waals surface area contributed by atoms with Gasteiger partial charge in [0.05, 0.1) is 13.3 Å². The van der Waals surface area contributed by atoms with E-state index in [0.717, 1.165) is 35.3 Å². The van der Waals surface area contributed by atoms with Gasteiger partial charge in [-0.25, -0.2) is 9.82 Å². The number of carbonyl (C=O) groups excluding carboxylic acids is 1. The molecule has 0 spiro atoms. The van der Waals surface area contributed by atoms with Crippen LogP contribution in [0.15, 0.2) is 71.8 Å². The molecule has 0 saturated heterocycles. The third kappa shape index (κ3) is 7.23. The fourth-order valence-electron chi connectivity index (χ4n) is 3.19. The molecule has 0 heterocycles. The zero-order chi connectivity index (χ0) is 22.8. The topological polar surface area (TPSA) is 59.9 Å². The van der Waals surface area contributed by atoms with E-state index in [1.807, 2.05) is 43.3 Å². The van der Waals surface area contributed by atoms with Gasteiger partial charge in [0.1, 0.15) is 23.9 Å². The Labute approximate surface area is 187 Å². The Kier molecular flexibility index (Phi) is 8.37. The molecule has 0 aliphatic rings. The Balaban J connectivity index is 1.39. The van der Waals surface area contributed by atoms with Crippen molar-refractivity contribution in [3.8, 4) is 11.5 Å². The predicted octanol–water partition coefficient (Wildman–Crippen LogP) is 5.19. The SMILES string of the molecule is COc1ccc(CCCC(=O)N/N=C\c2ccc(OCc3cccc(F)c3)cc2)c(C)c1. The summed E-state index contributed by atoms with van der Waals surface area (Å²) >= 11 is 0. The molecule has 1 N–H and O–H groups in total. The molecule has 0 radical (unpaired) electrons. The van der Waals surface area contributed by atoms with E-state index in [0.29, 0.717) is 12.2 Å². The monoisotopic (exact) mass is 434 g/mol. The Hall–Kier alpha value is -3.67. The lowest BCUT2D eigenvalue weighted by molar-refractivity contribution is -0.121. The molecule has 32 heavy (non-hydrogen) atoms. The summed E-state index contributed by atoms with van der Waals surface area (Å²) in [6.45, 7) is 2.33. The average Bonchev–Trinajstić information content (AvgIpc) is 2.79. The first-order chi connectivity index (χ1) is 15.5. The van der Waals surface area contributed by atoms with Crippen LogP contribution in [0, 0.1) is 12.7 Å². The second-order valence-electron chi connectivity index (χ2n) is 7.43. The van der Waals surface area contributed by atoms with Crippen molar-refractivity contribution in [2.75, 3.05) is 7.11 Å². The molecule has 0 unspecified atom stereocenters. The largest absolute Gasteiger partial charge is 0.497 e. The lowest BCUT2D eigenvalue weighted by Gasteiger charge is -2.08. The van der Waals surface area contributed by atoms with E-state index in [9.17, 15) is 9.18 Å². The highest BCUT2D eigenvalue weighted by Gasteiger charge is 2.04. The standard InChI is InChI=1S/C26H27FN2O3/c1-19-15-25(31-2)14-11-22(19)6-4-8-26(30)29-28-17-20-9-12-24(13-10-20)32-18-21-5-3-7-23(27)16-21/h3,5,7,9-17H,4,6,8,18H2,1-2H3,(H,29,30)/b28-17-. The number of ether oxygens (including phenoxy) is 2. The lowest BCUT2D eigenvalue weighted by Crippen LogP contribution is -2.17. The summed E-state index contributed by atoms with van der Waals surface area (Å²) < 4.78 is 24.1. The van der Waals surface area contributed by atoms with Gasteiger partial charge in [-0.15, -0.1) is 0 Å². The fraction of sp³-hybridized carbons (Fsp3) is 0.231. The minimum absolute atomic E-state index is 0.123. The number of methoxy groups -OCH3 is 1. The average molecular weight is 435 g/mol. The number of benzene rings is 3.